The summed E-state index contributed by atoms with van der Waals surface area (Å²) < 4.78 is 7.02. The van der Waals surface area contributed by atoms with Gasteiger partial charge in [0, 0.05) is 14.1 Å². The highest BCUT2D eigenvalue weighted by molar-refractivity contribution is 5.68. The number of hydrogen-bond donors (Lipinski definition) is 0. The largest absolute Gasteiger partial charge is 0.444 e. The van der Waals surface area contributed by atoms with Gasteiger partial charge < -0.3 is 9.64 Å². The second-order valence-corrected chi connectivity index (χ2v) is 5.45. The lowest BCUT2D eigenvalue weighted by molar-refractivity contribution is 0.0228. The number of amides is 1. The van der Waals surface area contributed by atoms with E-state index in [0.29, 0.717) is 0 Å². The summed E-state index contributed by atoms with van der Waals surface area (Å²) in [6, 6.07) is -0.139. The summed E-state index contributed by atoms with van der Waals surface area (Å²) in [6.45, 7) is 9.35. The van der Waals surface area contributed by atoms with Crippen molar-refractivity contribution in [3.8, 4) is 0 Å². The molecule has 1 aromatic rings. The van der Waals surface area contributed by atoms with Gasteiger partial charge in [-0.2, -0.15) is 0 Å². The van der Waals surface area contributed by atoms with Crippen molar-refractivity contribution in [1.82, 2.24) is 19.9 Å². The summed E-state index contributed by atoms with van der Waals surface area (Å²) in [5, 5.41) is 7.93. The minimum absolute atomic E-state index is 0.139. The fourth-order valence-electron chi connectivity index (χ4n) is 1.72. The van der Waals surface area contributed by atoms with Crippen LogP contribution in [-0.4, -0.2) is 38.6 Å². The third-order valence-corrected chi connectivity index (χ3v) is 2.71. The SMILES string of the molecule is Cc1nnn(C)c1C(C)N(C)C(=O)OC(C)(C)C. The number of carbonyl (C=O) groups excluding carboxylic acids is 1. The van der Waals surface area contributed by atoms with Gasteiger partial charge in [-0.25, -0.2) is 4.79 Å². The zero-order valence-corrected chi connectivity index (χ0v) is 12.2. The molecular formula is C12H22N4O2. The number of ether oxygens (including phenoxy) is 1. The Bertz CT molecular complexity index is 414. The quantitative estimate of drug-likeness (QED) is 0.810. The average Bonchev–Trinajstić information content (AvgIpc) is 2.54. The summed E-state index contributed by atoms with van der Waals surface area (Å²) in [4.78, 5) is 13.5. The van der Waals surface area contributed by atoms with Crippen LogP contribution in [0.5, 0.6) is 0 Å². The van der Waals surface area contributed by atoms with Crippen LogP contribution < -0.4 is 0 Å². The Morgan fingerprint density at radius 2 is 2.00 bits per heavy atom. The molecule has 1 amide bonds. The van der Waals surface area contributed by atoms with E-state index in [2.05, 4.69) is 10.3 Å². The summed E-state index contributed by atoms with van der Waals surface area (Å²) >= 11 is 0. The van der Waals surface area contributed by atoms with E-state index in [0.717, 1.165) is 11.4 Å². The Labute approximate surface area is 108 Å². The van der Waals surface area contributed by atoms with E-state index in [-0.39, 0.29) is 12.1 Å². The van der Waals surface area contributed by atoms with E-state index in [4.69, 9.17) is 4.74 Å². The molecule has 0 aromatic carbocycles. The summed E-state index contributed by atoms with van der Waals surface area (Å²) in [7, 11) is 3.53. The van der Waals surface area contributed by atoms with Crippen molar-refractivity contribution in [2.75, 3.05) is 7.05 Å². The summed E-state index contributed by atoms with van der Waals surface area (Å²) in [5.41, 5.74) is 1.23. The lowest BCUT2D eigenvalue weighted by atomic mass is 10.2. The second kappa shape index (κ2) is 4.96. The summed E-state index contributed by atoms with van der Waals surface area (Å²) in [6.07, 6.45) is -0.351. The topological polar surface area (TPSA) is 60.2 Å². The zero-order valence-electron chi connectivity index (χ0n) is 12.2. The van der Waals surface area contributed by atoms with E-state index in [1.807, 2.05) is 41.7 Å². The Kier molecular flexibility index (Phi) is 3.98. The molecule has 18 heavy (non-hydrogen) atoms. The summed E-state index contributed by atoms with van der Waals surface area (Å²) in [5.74, 6) is 0. The Morgan fingerprint density at radius 3 is 2.39 bits per heavy atom. The monoisotopic (exact) mass is 254 g/mol. The average molecular weight is 254 g/mol. The molecular weight excluding hydrogens is 232 g/mol. The zero-order chi connectivity index (χ0) is 14.1. The number of hydrogen-bond acceptors (Lipinski definition) is 4. The Balaban J connectivity index is 2.85. The number of nitrogens with zero attached hydrogens (tertiary/aromatic N) is 4. The highest BCUT2D eigenvalue weighted by Gasteiger charge is 2.26. The van der Waals surface area contributed by atoms with Crippen molar-refractivity contribution in [2.45, 2.75) is 46.3 Å². The number of aryl methyl sites for hydroxylation is 2. The molecule has 1 rings (SSSR count). The van der Waals surface area contributed by atoms with Crippen molar-refractivity contribution in [2.24, 2.45) is 7.05 Å². The maximum atomic E-state index is 12.0. The normalized spacial score (nSPS) is 13.3. The highest BCUT2D eigenvalue weighted by Crippen LogP contribution is 2.22. The molecule has 0 fully saturated rings. The molecule has 0 aliphatic rings. The van der Waals surface area contributed by atoms with Gasteiger partial charge in [-0.15, -0.1) is 5.10 Å². The van der Waals surface area contributed by atoms with Crippen LogP contribution in [0.2, 0.25) is 0 Å². The molecule has 0 saturated carbocycles. The maximum absolute atomic E-state index is 12.0. The van der Waals surface area contributed by atoms with E-state index in [1.165, 1.54) is 0 Å². The molecule has 0 spiro atoms. The standard InChI is InChI=1S/C12H22N4O2/c1-8-10(16(7)14-13-8)9(2)15(6)11(17)18-12(3,4)5/h9H,1-7H3. The van der Waals surface area contributed by atoms with Gasteiger partial charge in [0.15, 0.2) is 0 Å². The van der Waals surface area contributed by atoms with Crippen LogP contribution in [0.3, 0.4) is 0 Å². The van der Waals surface area contributed by atoms with E-state index < -0.39 is 5.60 Å². The lowest BCUT2D eigenvalue weighted by Crippen LogP contribution is -2.36. The maximum Gasteiger partial charge on any atom is 0.410 e. The van der Waals surface area contributed by atoms with Gasteiger partial charge in [0.1, 0.15) is 5.60 Å². The smallest absolute Gasteiger partial charge is 0.410 e. The van der Waals surface area contributed by atoms with Crippen molar-refractivity contribution in [3.63, 3.8) is 0 Å². The van der Waals surface area contributed by atoms with E-state index in [1.54, 1.807) is 16.6 Å². The molecule has 0 saturated heterocycles. The third kappa shape index (κ3) is 3.21. The first-order chi connectivity index (χ1) is 8.13. The molecule has 0 bridgehead atoms. The molecule has 1 atom stereocenters. The van der Waals surface area contributed by atoms with Crippen molar-refractivity contribution in [3.05, 3.63) is 11.4 Å². The van der Waals surface area contributed by atoms with Crippen LogP contribution in [0.15, 0.2) is 0 Å². The van der Waals surface area contributed by atoms with Crippen molar-refractivity contribution in [1.29, 1.82) is 0 Å². The van der Waals surface area contributed by atoms with Gasteiger partial charge in [-0.05, 0) is 34.6 Å². The minimum Gasteiger partial charge on any atom is -0.444 e. The molecule has 102 valence electrons. The number of carbonyl (C=O) groups is 1. The van der Waals surface area contributed by atoms with Gasteiger partial charge in [-0.1, -0.05) is 5.21 Å². The minimum atomic E-state index is -0.495. The second-order valence-electron chi connectivity index (χ2n) is 5.45. The van der Waals surface area contributed by atoms with E-state index in [9.17, 15) is 4.79 Å². The Morgan fingerprint density at radius 1 is 1.44 bits per heavy atom. The molecule has 0 aliphatic heterocycles. The first-order valence-electron chi connectivity index (χ1n) is 5.95. The van der Waals surface area contributed by atoms with Crippen molar-refractivity contribution < 1.29 is 9.53 Å². The molecule has 6 heteroatoms. The Hall–Kier alpha value is -1.59. The van der Waals surface area contributed by atoms with Gasteiger partial charge in [-0.3, -0.25) is 4.68 Å². The highest BCUT2D eigenvalue weighted by atomic mass is 16.6. The molecule has 0 N–H and O–H groups in total. The van der Waals surface area contributed by atoms with Crippen LogP contribution >= 0.6 is 0 Å². The lowest BCUT2D eigenvalue weighted by Gasteiger charge is -2.28. The van der Waals surface area contributed by atoms with Gasteiger partial charge >= 0.3 is 6.09 Å². The van der Waals surface area contributed by atoms with Crippen molar-refractivity contribution >= 4 is 6.09 Å². The molecule has 6 nitrogen and oxygen atoms in total. The van der Waals surface area contributed by atoms with Crippen LogP contribution in [0, 0.1) is 6.92 Å². The van der Waals surface area contributed by atoms with Gasteiger partial charge in [0.2, 0.25) is 0 Å². The molecule has 1 unspecified atom stereocenters. The number of aromatic nitrogens is 3. The number of rotatable bonds is 2. The fraction of sp³-hybridized carbons (Fsp3) is 0.750. The molecule has 0 radical (unpaired) electrons. The van der Waals surface area contributed by atoms with Gasteiger partial charge in [0.05, 0.1) is 17.4 Å². The predicted octanol–water partition coefficient (Wildman–Crippen LogP) is 2.05. The predicted molar refractivity (Wildman–Crippen MR) is 68.2 cm³/mol. The fourth-order valence-corrected chi connectivity index (χ4v) is 1.72. The third-order valence-electron chi connectivity index (χ3n) is 2.71. The van der Waals surface area contributed by atoms with Crippen LogP contribution in [0.25, 0.3) is 0 Å². The molecule has 1 aromatic heterocycles. The first-order valence-corrected chi connectivity index (χ1v) is 5.95. The van der Waals surface area contributed by atoms with E-state index >= 15 is 0 Å². The van der Waals surface area contributed by atoms with Crippen LogP contribution in [0.1, 0.15) is 45.1 Å². The van der Waals surface area contributed by atoms with Crippen LogP contribution in [-0.2, 0) is 11.8 Å². The van der Waals surface area contributed by atoms with Crippen LogP contribution in [0.4, 0.5) is 4.79 Å². The first kappa shape index (κ1) is 14.5. The molecule has 1 heterocycles. The van der Waals surface area contributed by atoms with Gasteiger partial charge in [0.25, 0.3) is 0 Å². The molecule has 0 aliphatic carbocycles.